The molecule has 0 spiro atoms. The van der Waals surface area contributed by atoms with Gasteiger partial charge in [0.25, 0.3) is 0 Å². The summed E-state index contributed by atoms with van der Waals surface area (Å²) in [5.74, 6) is 4.94. The molecule has 4 fully saturated rings. The molecule has 1 heterocycles. The number of thioether (sulfide) groups is 1. The molecule has 26 nitrogen and oxygen atoms in total. The Morgan fingerprint density at radius 3 is 0.910 bits per heavy atom. The van der Waals surface area contributed by atoms with E-state index in [1.54, 1.807) is 138 Å². The van der Waals surface area contributed by atoms with E-state index in [0.29, 0.717) is 218 Å². The molecule has 27 heteroatoms. The van der Waals surface area contributed by atoms with Crippen LogP contribution in [0.25, 0.3) is 0 Å². The Morgan fingerprint density at radius 2 is 0.586 bits per heavy atom. The van der Waals surface area contributed by atoms with Gasteiger partial charge in [0.1, 0.15) is 120 Å². The predicted molar refractivity (Wildman–Crippen MR) is 501 cm³/mol. The highest BCUT2D eigenvalue weighted by Gasteiger charge is 2.36. The van der Waals surface area contributed by atoms with Gasteiger partial charge in [-0.05, 0) is 285 Å². The van der Waals surface area contributed by atoms with Gasteiger partial charge in [0.15, 0.2) is 5.12 Å². The molecule has 0 radical (unpaired) electrons. The summed E-state index contributed by atoms with van der Waals surface area (Å²) in [6.07, 6.45) is 9.68. The molecule has 1 amide bonds. The van der Waals surface area contributed by atoms with Crippen LogP contribution in [-0.2, 0) is 65.7 Å². The monoisotopic (exact) mass is 1840 g/mol. The molecule has 9 aromatic rings. The highest BCUT2D eigenvalue weighted by atomic mass is 32.2. The van der Waals surface area contributed by atoms with Crippen molar-refractivity contribution in [2.24, 2.45) is 41.4 Å². The first-order valence-corrected chi connectivity index (χ1v) is 47.0. The maximum atomic E-state index is 12.9. The Hall–Kier alpha value is -12.4. The van der Waals surface area contributed by atoms with Gasteiger partial charge < -0.3 is 85.4 Å². The molecule has 133 heavy (non-hydrogen) atoms. The lowest BCUT2D eigenvalue weighted by molar-refractivity contribution is -0.145. The number of esters is 6. The molecule has 1 atom stereocenters. The zero-order valence-corrected chi connectivity index (χ0v) is 77.3. The zero-order valence-electron chi connectivity index (χ0n) is 76.5. The van der Waals surface area contributed by atoms with E-state index in [1.807, 2.05) is 117 Å². The summed E-state index contributed by atoms with van der Waals surface area (Å²) in [4.78, 5) is 101. The van der Waals surface area contributed by atoms with E-state index >= 15 is 0 Å². The quantitative estimate of drug-likeness (QED) is 0.0195. The largest absolute Gasteiger partial charge is 0.493 e. The fourth-order valence-electron chi connectivity index (χ4n) is 15.0. The van der Waals surface area contributed by atoms with E-state index in [1.165, 1.54) is 18.7 Å². The second kappa shape index (κ2) is 55.8. The Labute approximate surface area is 783 Å². The molecule has 9 aromatic carbocycles. The smallest absolute Gasteiger partial charge is 0.409 e. The summed E-state index contributed by atoms with van der Waals surface area (Å²) < 4.78 is 95.9. The van der Waals surface area contributed by atoms with Crippen molar-refractivity contribution in [2.45, 2.75) is 156 Å². The van der Waals surface area contributed by atoms with Crippen molar-refractivity contribution in [2.75, 3.05) is 84.9 Å². The number of likely N-dealkylation sites (tertiary alicyclic amines) is 1. The molecule has 1 saturated heterocycles. The highest BCUT2D eigenvalue weighted by Crippen LogP contribution is 2.37. The van der Waals surface area contributed by atoms with Crippen molar-refractivity contribution in [3.05, 3.63) is 248 Å². The fraction of sp³-hybridized carbons (Fsp3) is 0.415. The standard InChI is InChI=1S/C41H46O8.C33H43NO9.C32H34O8S/c1-30(2)39(29-45-28-32-11-7-4-8-12-32)47-36-21-23-38(24-22-36)49-41(43)34-15-13-33(14-16-34)40(42)48-37-19-17-35(18-20-37)46-26-25-44-27-31-9-5-3-6-10-31;1-24(2)38-20-21-39-27-10-14-29(15-11-27)42-31(35)25-6-8-26(9-7-25)32(36)43-30-16-12-28(13-17-30)40-22-23-41-33(37)34-18-4-3-5-19-34;1-23(33)41-22-21-38-28-13-17-30(18-14-28)40-32(35)25-9-7-24(8-10-25)31(34)39-29-15-11-27(12-16-29)37-20-19-36-26-5-3-2-4-6-26/h3-12,17-24,30,33-34,39H,13-16,25-29H2,1-2H3;10-17,24-26H,3-9,18-23H2,1-2H3;2-6,11-18,24-25H,7-10,19-22H2,1H3. The van der Waals surface area contributed by atoms with Gasteiger partial charge in [-0.2, -0.15) is 0 Å². The predicted octanol–water partition coefficient (Wildman–Crippen LogP) is 20.1. The second-order valence-corrected chi connectivity index (χ2v) is 34.5. The molecule has 3 saturated carbocycles. The van der Waals surface area contributed by atoms with Crippen LogP contribution in [0.3, 0.4) is 0 Å². The first-order chi connectivity index (χ1) is 64.7. The summed E-state index contributed by atoms with van der Waals surface area (Å²) in [6.45, 7) is 16.2. The summed E-state index contributed by atoms with van der Waals surface area (Å²) >= 11 is 1.21. The van der Waals surface area contributed by atoms with E-state index in [-0.39, 0.29) is 114 Å². The lowest BCUT2D eigenvalue weighted by Gasteiger charge is -2.26. The van der Waals surface area contributed by atoms with Gasteiger partial charge in [-0.1, -0.05) is 104 Å². The van der Waals surface area contributed by atoms with Crippen molar-refractivity contribution >= 4 is 58.8 Å². The SMILES string of the molecule is CC(=O)SCCOc1ccc(OC(=O)C2CCC(C(=O)Oc3ccc(OCCOc4ccccc4)cc3)CC2)cc1.CC(C)C(COCc1ccccc1)Oc1ccc(OC(=O)C2CCC(C(=O)Oc3ccc(OCCOCc4ccccc4)cc3)CC2)cc1.CC(C)OCCOc1ccc(OC(=O)C2CCC(C(=O)Oc3ccc(OCCOC(=O)N4CCCCC4)cc3)CC2)cc1. The molecular formula is C106H123NO25S. The van der Waals surface area contributed by atoms with Crippen molar-refractivity contribution in [1.82, 2.24) is 4.90 Å². The van der Waals surface area contributed by atoms with E-state index in [9.17, 15) is 38.4 Å². The first-order valence-electron chi connectivity index (χ1n) is 46.0. The normalized spacial score (nSPS) is 17.1. The topological polar surface area (TPSA) is 297 Å². The molecule has 13 rings (SSSR count). The van der Waals surface area contributed by atoms with Crippen LogP contribution in [0.2, 0.25) is 0 Å². The second-order valence-electron chi connectivity index (χ2n) is 33.3. The third kappa shape index (κ3) is 36.9. The molecular weight excluding hydrogens is 1720 g/mol. The number of ether oxygens (including phenoxy) is 17. The van der Waals surface area contributed by atoms with Crippen LogP contribution in [-0.4, -0.2) is 149 Å². The highest BCUT2D eigenvalue weighted by molar-refractivity contribution is 8.13. The van der Waals surface area contributed by atoms with Gasteiger partial charge in [0.2, 0.25) is 0 Å². The van der Waals surface area contributed by atoms with Crippen molar-refractivity contribution < 1.29 is 119 Å². The third-order valence-electron chi connectivity index (χ3n) is 22.5. The van der Waals surface area contributed by atoms with Crippen LogP contribution < -0.4 is 61.6 Å². The number of rotatable bonds is 43. The van der Waals surface area contributed by atoms with Crippen molar-refractivity contribution in [1.29, 1.82) is 0 Å². The number of para-hydroxylation sites is 1. The Kier molecular flexibility index (Phi) is 42.4. The molecule has 4 aliphatic rings. The molecule has 3 aliphatic carbocycles. The Balaban J connectivity index is 0.000000193. The minimum atomic E-state index is -0.306. The summed E-state index contributed by atoms with van der Waals surface area (Å²) in [5.41, 5.74) is 2.24. The Bertz CT molecular complexity index is 4940. The van der Waals surface area contributed by atoms with Gasteiger partial charge in [0.05, 0.1) is 81.3 Å². The van der Waals surface area contributed by atoms with Crippen LogP contribution >= 0.6 is 11.8 Å². The van der Waals surface area contributed by atoms with Crippen LogP contribution in [0.1, 0.15) is 142 Å². The molecule has 0 aromatic heterocycles. The summed E-state index contributed by atoms with van der Waals surface area (Å²) in [7, 11) is 0. The number of amides is 1. The maximum Gasteiger partial charge on any atom is 0.409 e. The van der Waals surface area contributed by atoms with Gasteiger partial charge in [0, 0.05) is 25.8 Å². The van der Waals surface area contributed by atoms with Gasteiger partial charge >= 0.3 is 41.9 Å². The van der Waals surface area contributed by atoms with E-state index in [0.717, 1.165) is 49.2 Å². The van der Waals surface area contributed by atoms with Crippen LogP contribution in [0.4, 0.5) is 4.79 Å². The maximum absolute atomic E-state index is 12.9. The molecule has 1 unspecified atom stereocenters. The van der Waals surface area contributed by atoms with Gasteiger partial charge in [-0.25, -0.2) is 4.79 Å². The minimum Gasteiger partial charge on any atom is -0.493 e. The molecule has 0 N–H and O–H groups in total. The van der Waals surface area contributed by atoms with E-state index in [2.05, 4.69) is 13.8 Å². The number of carbonyl (C=O) groups excluding carboxylic acids is 8. The number of benzene rings is 9. The van der Waals surface area contributed by atoms with Crippen molar-refractivity contribution in [3.8, 4) is 74.7 Å². The lowest BCUT2D eigenvalue weighted by Crippen LogP contribution is -2.36. The zero-order chi connectivity index (χ0) is 93.6. The average molecular weight is 1840 g/mol. The number of carbonyl (C=O) groups is 8. The first kappa shape index (κ1) is 101. The van der Waals surface area contributed by atoms with E-state index < -0.39 is 0 Å². The van der Waals surface area contributed by atoms with Crippen LogP contribution in [0.5, 0.6) is 74.7 Å². The molecule has 1 aliphatic heterocycles. The minimum absolute atomic E-state index is 0.0554. The molecule has 0 bridgehead atoms. The molecule has 708 valence electrons. The third-order valence-corrected chi connectivity index (χ3v) is 23.3. The lowest BCUT2D eigenvalue weighted by atomic mass is 9.82. The number of hydrogen-bond acceptors (Lipinski definition) is 26. The van der Waals surface area contributed by atoms with E-state index in [4.69, 9.17) is 80.5 Å². The average Bonchev–Trinajstić information content (AvgIpc) is 0.851. The Morgan fingerprint density at radius 1 is 0.308 bits per heavy atom. The number of nitrogens with zero attached hydrogens (tertiary/aromatic N) is 1. The van der Waals surface area contributed by atoms with Crippen LogP contribution in [0, 0.1) is 41.4 Å². The van der Waals surface area contributed by atoms with Gasteiger partial charge in [-0.3, -0.25) is 33.6 Å². The number of hydrogen-bond donors (Lipinski definition) is 0. The summed E-state index contributed by atoms with van der Waals surface area (Å²) in [5, 5.41) is 0.0554. The number of piperidine rings is 1. The fourth-order valence-corrected chi connectivity index (χ4v) is 15.4. The van der Waals surface area contributed by atoms with Crippen molar-refractivity contribution in [3.63, 3.8) is 0 Å². The van der Waals surface area contributed by atoms with Crippen LogP contribution in [0.15, 0.2) is 237 Å². The summed E-state index contributed by atoms with van der Waals surface area (Å²) in [6, 6.07) is 71.1. The van der Waals surface area contributed by atoms with Gasteiger partial charge in [-0.15, -0.1) is 0 Å².